The van der Waals surface area contributed by atoms with E-state index in [1.807, 2.05) is 0 Å². The first-order valence-electron chi connectivity index (χ1n) is 6.64. The summed E-state index contributed by atoms with van der Waals surface area (Å²) < 4.78 is 32.9. The summed E-state index contributed by atoms with van der Waals surface area (Å²) in [6.45, 7) is 0. The fourth-order valence-electron chi connectivity index (χ4n) is 2.11. The molecule has 2 aromatic rings. The smallest absolute Gasteiger partial charge is 0.310 e. The van der Waals surface area contributed by atoms with Crippen molar-refractivity contribution in [3.05, 3.63) is 61.0 Å². The summed E-state index contributed by atoms with van der Waals surface area (Å²) in [6.07, 6.45) is -0.404. The van der Waals surface area contributed by atoms with Crippen molar-refractivity contribution in [1.29, 1.82) is 0 Å². The van der Waals surface area contributed by atoms with Gasteiger partial charge >= 0.3 is 5.97 Å². The lowest BCUT2D eigenvalue weighted by atomic mass is 10.0. The van der Waals surface area contributed by atoms with Gasteiger partial charge in [0.15, 0.2) is 0 Å². The molecule has 24 heavy (non-hydrogen) atoms. The summed E-state index contributed by atoms with van der Waals surface area (Å²) in [5, 5.41) is 9.26. The van der Waals surface area contributed by atoms with Gasteiger partial charge in [0.2, 0.25) is 0 Å². The van der Waals surface area contributed by atoms with Crippen LogP contribution in [0.2, 0.25) is 10.0 Å². The lowest BCUT2D eigenvalue weighted by molar-refractivity contribution is -0.139. The molecule has 0 aliphatic carbocycles. The number of hydrogen-bond acceptors (Lipinski definition) is 3. The highest BCUT2D eigenvalue weighted by molar-refractivity contribution is 9.10. The highest BCUT2D eigenvalue weighted by Gasteiger charge is 2.20. The van der Waals surface area contributed by atoms with Crippen LogP contribution in [0.4, 0.5) is 8.78 Å². The number of methoxy groups -OCH3 is 1. The number of halogens is 5. The van der Waals surface area contributed by atoms with Gasteiger partial charge in [-0.15, -0.1) is 0 Å². The molecular formula is C16H11BrCl2F2O3. The SMILES string of the molecule is COC(=O)Cc1cc(Cl)c(Cc2ccc(O)c(Br)c2F)c(Cl)c1F. The molecular weight excluding hydrogens is 429 g/mol. The van der Waals surface area contributed by atoms with Crippen LogP contribution in [0.3, 0.4) is 0 Å². The minimum atomic E-state index is -0.806. The van der Waals surface area contributed by atoms with E-state index >= 15 is 0 Å². The molecule has 0 aromatic heterocycles. The van der Waals surface area contributed by atoms with Crippen molar-refractivity contribution in [1.82, 2.24) is 0 Å². The number of carbonyl (C=O) groups excluding carboxylic acids is 1. The van der Waals surface area contributed by atoms with E-state index in [1.54, 1.807) is 0 Å². The Morgan fingerprint density at radius 2 is 1.92 bits per heavy atom. The van der Waals surface area contributed by atoms with Crippen LogP contribution in [0.1, 0.15) is 16.7 Å². The molecule has 2 aromatic carbocycles. The van der Waals surface area contributed by atoms with Gasteiger partial charge in [0.05, 0.1) is 23.0 Å². The standard InChI is InChI=1S/C16H11BrCl2F2O3/c1-24-12(23)6-8-5-10(18)9(14(19)16(8)21)4-7-2-3-11(22)13(17)15(7)20/h2-3,5,22H,4,6H2,1H3. The second kappa shape index (κ2) is 7.68. The maximum absolute atomic E-state index is 14.3. The third kappa shape index (κ3) is 3.82. The molecule has 0 fully saturated rings. The van der Waals surface area contributed by atoms with Gasteiger partial charge in [-0.3, -0.25) is 4.79 Å². The van der Waals surface area contributed by atoms with Crippen molar-refractivity contribution in [2.24, 2.45) is 0 Å². The second-order valence-electron chi connectivity index (χ2n) is 4.93. The van der Waals surface area contributed by atoms with Crippen molar-refractivity contribution in [3.8, 4) is 5.75 Å². The summed E-state index contributed by atoms with van der Waals surface area (Å²) >= 11 is 15.1. The minimum absolute atomic E-state index is 0.00652. The Hall–Kier alpha value is -1.37. The second-order valence-corrected chi connectivity index (χ2v) is 6.50. The van der Waals surface area contributed by atoms with Gasteiger partial charge in [-0.05, 0) is 39.2 Å². The zero-order valence-corrected chi connectivity index (χ0v) is 15.4. The van der Waals surface area contributed by atoms with Crippen LogP contribution in [0.25, 0.3) is 0 Å². The van der Waals surface area contributed by atoms with E-state index in [4.69, 9.17) is 23.2 Å². The predicted octanol–water partition coefficient (Wildman–Crippen LogP) is 5.05. The number of phenolic OH excluding ortho intramolecular Hbond substituents is 1. The van der Waals surface area contributed by atoms with E-state index in [2.05, 4.69) is 20.7 Å². The van der Waals surface area contributed by atoms with Crippen LogP contribution >= 0.6 is 39.1 Å². The topological polar surface area (TPSA) is 46.5 Å². The molecule has 3 nitrogen and oxygen atoms in total. The quantitative estimate of drug-likeness (QED) is 0.535. The molecule has 8 heteroatoms. The Morgan fingerprint density at radius 1 is 1.25 bits per heavy atom. The number of phenols is 1. The first-order chi connectivity index (χ1) is 11.3. The van der Waals surface area contributed by atoms with Crippen LogP contribution in [0.5, 0.6) is 5.75 Å². The van der Waals surface area contributed by atoms with Gasteiger partial charge in [0.25, 0.3) is 0 Å². The average Bonchev–Trinajstić information content (AvgIpc) is 2.55. The first-order valence-corrected chi connectivity index (χ1v) is 8.19. The largest absolute Gasteiger partial charge is 0.507 e. The maximum atomic E-state index is 14.3. The minimum Gasteiger partial charge on any atom is -0.507 e. The van der Waals surface area contributed by atoms with E-state index in [-0.39, 0.29) is 49.8 Å². The van der Waals surface area contributed by atoms with Crippen LogP contribution in [0, 0.1) is 11.6 Å². The Labute approximate surface area is 155 Å². The Bertz CT molecular complexity index is 813. The van der Waals surface area contributed by atoms with E-state index in [0.29, 0.717) is 0 Å². The van der Waals surface area contributed by atoms with Crippen LogP contribution < -0.4 is 0 Å². The van der Waals surface area contributed by atoms with Crippen molar-refractivity contribution < 1.29 is 23.4 Å². The summed E-state index contributed by atoms with van der Waals surface area (Å²) in [5.74, 6) is -2.39. The van der Waals surface area contributed by atoms with Gasteiger partial charge in [-0.1, -0.05) is 29.3 Å². The summed E-state index contributed by atoms with van der Waals surface area (Å²) in [5.41, 5.74) is 0.345. The maximum Gasteiger partial charge on any atom is 0.310 e. The highest BCUT2D eigenvalue weighted by Crippen LogP contribution is 2.35. The lowest BCUT2D eigenvalue weighted by Gasteiger charge is -2.13. The number of esters is 1. The zero-order valence-electron chi connectivity index (χ0n) is 12.3. The molecule has 0 saturated heterocycles. The number of hydrogen-bond donors (Lipinski definition) is 1. The summed E-state index contributed by atoms with van der Waals surface area (Å²) in [7, 11) is 1.18. The molecule has 0 bridgehead atoms. The molecule has 0 saturated carbocycles. The van der Waals surface area contributed by atoms with Gasteiger partial charge in [-0.25, -0.2) is 8.78 Å². The molecule has 0 aliphatic heterocycles. The Balaban J connectivity index is 2.44. The molecule has 0 aliphatic rings. The normalized spacial score (nSPS) is 10.8. The third-order valence-electron chi connectivity index (χ3n) is 3.40. The van der Waals surface area contributed by atoms with Gasteiger partial charge < -0.3 is 9.84 Å². The van der Waals surface area contributed by atoms with Gasteiger partial charge in [-0.2, -0.15) is 0 Å². The number of benzene rings is 2. The Kier molecular flexibility index (Phi) is 6.06. The number of ether oxygens (including phenoxy) is 1. The molecule has 0 spiro atoms. The molecule has 0 amide bonds. The number of rotatable bonds is 4. The van der Waals surface area contributed by atoms with Gasteiger partial charge in [0, 0.05) is 17.0 Å². The number of carbonyl (C=O) groups is 1. The monoisotopic (exact) mass is 438 g/mol. The van der Waals surface area contributed by atoms with Crippen LogP contribution in [-0.4, -0.2) is 18.2 Å². The molecule has 0 unspecified atom stereocenters. The van der Waals surface area contributed by atoms with Crippen molar-refractivity contribution in [2.75, 3.05) is 7.11 Å². The summed E-state index contributed by atoms with van der Waals surface area (Å²) in [4.78, 5) is 11.3. The third-order valence-corrected chi connectivity index (χ3v) is 4.89. The highest BCUT2D eigenvalue weighted by atomic mass is 79.9. The predicted molar refractivity (Wildman–Crippen MR) is 90.7 cm³/mol. The van der Waals surface area contributed by atoms with E-state index < -0.39 is 17.6 Å². The van der Waals surface area contributed by atoms with Crippen molar-refractivity contribution in [3.63, 3.8) is 0 Å². The zero-order chi connectivity index (χ0) is 18.0. The fraction of sp³-hybridized carbons (Fsp3) is 0.188. The molecule has 0 heterocycles. The molecule has 128 valence electrons. The van der Waals surface area contributed by atoms with E-state index in [0.717, 1.165) is 0 Å². The van der Waals surface area contributed by atoms with Crippen LogP contribution in [-0.2, 0) is 22.4 Å². The van der Waals surface area contributed by atoms with Crippen LogP contribution in [0.15, 0.2) is 22.7 Å². The van der Waals surface area contributed by atoms with E-state index in [1.165, 1.54) is 25.3 Å². The molecule has 1 N–H and O–H groups in total. The molecule has 0 radical (unpaired) electrons. The van der Waals surface area contributed by atoms with Crippen molar-refractivity contribution in [2.45, 2.75) is 12.8 Å². The molecule has 2 rings (SSSR count). The van der Waals surface area contributed by atoms with E-state index in [9.17, 15) is 18.7 Å². The summed E-state index contributed by atoms with van der Waals surface area (Å²) in [6, 6.07) is 3.91. The fourth-order valence-corrected chi connectivity index (χ4v) is 3.12. The molecule has 0 atom stereocenters. The lowest BCUT2D eigenvalue weighted by Crippen LogP contribution is -2.08. The number of aromatic hydroxyl groups is 1. The van der Waals surface area contributed by atoms with Crippen molar-refractivity contribution >= 4 is 45.1 Å². The Morgan fingerprint density at radius 3 is 2.54 bits per heavy atom. The first kappa shape index (κ1) is 19.0. The van der Waals surface area contributed by atoms with Gasteiger partial charge in [0.1, 0.15) is 17.4 Å². The average molecular weight is 440 g/mol.